The van der Waals surface area contributed by atoms with E-state index in [1.807, 2.05) is 66.7 Å². The number of ether oxygens (including phenoxy) is 2. The zero-order chi connectivity index (χ0) is 18.9. The molecule has 1 aromatic heterocycles. The van der Waals surface area contributed by atoms with E-state index in [0.717, 1.165) is 27.9 Å². The van der Waals surface area contributed by atoms with Crippen molar-refractivity contribution in [2.75, 3.05) is 11.7 Å². The molecule has 1 N–H and O–H groups in total. The molecule has 6 nitrogen and oxygen atoms in total. The first-order valence-electron chi connectivity index (χ1n) is 8.97. The molecule has 6 heteroatoms. The van der Waals surface area contributed by atoms with Crippen LogP contribution in [0.3, 0.4) is 0 Å². The smallest absolute Gasteiger partial charge is 0.260 e. The number of fused-ring (bicyclic) bond motifs is 2. The van der Waals surface area contributed by atoms with Gasteiger partial charge < -0.3 is 14.4 Å². The van der Waals surface area contributed by atoms with Crippen molar-refractivity contribution in [2.45, 2.75) is 6.54 Å². The van der Waals surface area contributed by atoms with Crippen molar-refractivity contribution >= 4 is 22.5 Å². The number of rotatable bonds is 4. The topological polar surface area (TPSA) is 67.5 Å². The van der Waals surface area contributed by atoms with Gasteiger partial charge in [-0.15, -0.1) is 0 Å². The second kappa shape index (κ2) is 6.74. The Hall–Kier alpha value is -3.80. The summed E-state index contributed by atoms with van der Waals surface area (Å²) < 4.78 is 10.9. The van der Waals surface area contributed by atoms with Crippen LogP contribution in [0.1, 0.15) is 15.9 Å². The lowest BCUT2D eigenvalue weighted by atomic mass is 10.1. The van der Waals surface area contributed by atoms with Gasteiger partial charge in [-0.25, -0.2) is 0 Å². The number of nitrogens with zero attached hydrogens (tertiary/aromatic N) is 2. The van der Waals surface area contributed by atoms with Crippen LogP contribution < -0.4 is 14.4 Å². The van der Waals surface area contributed by atoms with Crippen LogP contribution in [0.4, 0.5) is 5.69 Å². The quantitative estimate of drug-likeness (QED) is 0.585. The fraction of sp³-hybridized carbons (Fsp3) is 0.0909. The van der Waals surface area contributed by atoms with Gasteiger partial charge in [-0.3, -0.25) is 9.89 Å². The largest absolute Gasteiger partial charge is 0.454 e. The maximum absolute atomic E-state index is 13.5. The van der Waals surface area contributed by atoms with Gasteiger partial charge in [0.05, 0.1) is 23.8 Å². The number of H-pyrrole nitrogens is 1. The first-order valence-corrected chi connectivity index (χ1v) is 8.97. The Morgan fingerprint density at radius 1 is 1.00 bits per heavy atom. The summed E-state index contributed by atoms with van der Waals surface area (Å²) in [6.45, 7) is 0.631. The SMILES string of the molecule is O=C(c1cccc2cn[nH]c12)N(Cc1ccc2c(c1)OCO2)c1ccccc1. The summed E-state index contributed by atoms with van der Waals surface area (Å²) >= 11 is 0. The minimum Gasteiger partial charge on any atom is -0.454 e. The summed E-state index contributed by atoms with van der Waals surface area (Å²) in [5, 5.41) is 7.92. The number of aromatic amines is 1. The lowest BCUT2D eigenvalue weighted by molar-refractivity contribution is 0.0986. The second-order valence-electron chi connectivity index (χ2n) is 6.55. The monoisotopic (exact) mass is 371 g/mol. The Bertz CT molecular complexity index is 1150. The van der Waals surface area contributed by atoms with Gasteiger partial charge in [0, 0.05) is 11.1 Å². The molecule has 0 bridgehead atoms. The Morgan fingerprint density at radius 2 is 1.86 bits per heavy atom. The molecule has 138 valence electrons. The van der Waals surface area contributed by atoms with Crippen molar-refractivity contribution in [3.05, 3.63) is 84.1 Å². The minimum atomic E-state index is -0.0984. The number of nitrogens with one attached hydrogen (secondary N) is 1. The van der Waals surface area contributed by atoms with E-state index in [1.165, 1.54) is 0 Å². The van der Waals surface area contributed by atoms with Crippen LogP contribution in [0, 0.1) is 0 Å². The average molecular weight is 371 g/mol. The van der Waals surface area contributed by atoms with Crippen LogP contribution in [-0.4, -0.2) is 22.9 Å². The standard InChI is InChI=1S/C22H17N3O3/c26-22(18-8-4-5-16-12-23-24-21(16)18)25(17-6-2-1-3-7-17)13-15-9-10-19-20(11-15)28-14-27-19/h1-12H,13-14H2,(H,23,24). The van der Waals surface area contributed by atoms with E-state index in [2.05, 4.69) is 10.2 Å². The second-order valence-corrected chi connectivity index (χ2v) is 6.55. The molecule has 0 spiro atoms. The van der Waals surface area contributed by atoms with Crippen molar-refractivity contribution in [1.82, 2.24) is 10.2 Å². The van der Waals surface area contributed by atoms with Crippen LogP contribution >= 0.6 is 0 Å². The molecule has 0 aliphatic carbocycles. The average Bonchev–Trinajstić information content (AvgIpc) is 3.40. The summed E-state index contributed by atoms with van der Waals surface area (Å²) in [4.78, 5) is 15.3. The molecule has 1 aliphatic heterocycles. The molecule has 0 fully saturated rings. The zero-order valence-electron chi connectivity index (χ0n) is 15.0. The third kappa shape index (κ3) is 2.85. The van der Waals surface area contributed by atoms with Gasteiger partial charge in [0.2, 0.25) is 6.79 Å². The van der Waals surface area contributed by atoms with Gasteiger partial charge >= 0.3 is 0 Å². The minimum absolute atomic E-state index is 0.0984. The summed E-state index contributed by atoms with van der Waals surface area (Å²) in [5.41, 5.74) is 3.10. The molecule has 0 saturated heterocycles. The van der Waals surface area contributed by atoms with Crippen LogP contribution in [0.25, 0.3) is 10.9 Å². The number of anilines is 1. The predicted molar refractivity (Wildman–Crippen MR) is 106 cm³/mol. The summed E-state index contributed by atoms with van der Waals surface area (Å²) in [7, 11) is 0. The van der Waals surface area contributed by atoms with Gasteiger partial charge in [-0.1, -0.05) is 36.4 Å². The van der Waals surface area contributed by atoms with E-state index in [9.17, 15) is 4.79 Å². The third-order valence-electron chi connectivity index (χ3n) is 4.80. The maximum atomic E-state index is 13.5. The Morgan fingerprint density at radius 3 is 2.75 bits per heavy atom. The molecule has 4 aromatic rings. The van der Waals surface area contributed by atoms with Crippen molar-refractivity contribution in [1.29, 1.82) is 0 Å². The number of carbonyl (C=O) groups excluding carboxylic acids is 1. The van der Waals surface area contributed by atoms with E-state index >= 15 is 0 Å². The lowest BCUT2D eigenvalue weighted by Crippen LogP contribution is -2.30. The molecule has 1 aliphatic rings. The molecule has 28 heavy (non-hydrogen) atoms. The highest BCUT2D eigenvalue weighted by Crippen LogP contribution is 2.33. The highest BCUT2D eigenvalue weighted by molar-refractivity contribution is 6.13. The van der Waals surface area contributed by atoms with Crippen molar-refractivity contribution in [3.8, 4) is 11.5 Å². The van der Waals surface area contributed by atoms with Gasteiger partial charge in [0.1, 0.15) is 0 Å². The fourth-order valence-electron chi connectivity index (χ4n) is 3.40. The van der Waals surface area contributed by atoms with Crippen LogP contribution in [0.15, 0.2) is 72.9 Å². The number of aromatic nitrogens is 2. The molecular formula is C22H17N3O3. The predicted octanol–water partition coefficient (Wildman–Crippen LogP) is 4.14. The molecule has 1 amide bonds. The maximum Gasteiger partial charge on any atom is 0.260 e. The number of carbonyl (C=O) groups is 1. The van der Waals surface area contributed by atoms with Gasteiger partial charge in [0.15, 0.2) is 11.5 Å². The van der Waals surface area contributed by atoms with E-state index in [-0.39, 0.29) is 12.7 Å². The number of benzene rings is 3. The summed E-state index contributed by atoms with van der Waals surface area (Å²) in [5.74, 6) is 1.33. The molecule has 5 rings (SSSR count). The van der Waals surface area contributed by atoms with Gasteiger partial charge in [-0.05, 0) is 35.9 Å². The zero-order valence-corrected chi connectivity index (χ0v) is 15.0. The fourth-order valence-corrected chi connectivity index (χ4v) is 3.40. The molecule has 0 atom stereocenters. The van der Waals surface area contributed by atoms with Crippen molar-refractivity contribution in [2.24, 2.45) is 0 Å². The molecular weight excluding hydrogens is 354 g/mol. The molecule has 0 saturated carbocycles. The molecule has 2 heterocycles. The normalized spacial score (nSPS) is 12.3. The number of hydrogen-bond donors (Lipinski definition) is 1. The highest BCUT2D eigenvalue weighted by atomic mass is 16.7. The van der Waals surface area contributed by atoms with Crippen molar-refractivity contribution < 1.29 is 14.3 Å². The summed E-state index contributed by atoms with van der Waals surface area (Å²) in [6.07, 6.45) is 1.72. The van der Waals surface area contributed by atoms with Crippen LogP contribution in [-0.2, 0) is 6.54 Å². The highest BCUT2D eigenvalue weighted by Gasteiger charge is 2.22. The lowest BCUT2D eigenvalue weighted by Gasteiger charge is -2.23. The van der Waals surface area contributed by atoms with Crippen LogP contribution in [0.2, 0.25) is 0 Å². The molecule has 3 aromatic carbocycles. The van der Waals surface area contributed by atoms with Gasteiger partial charge in [-0.2, -0.15) is 5.10 Å². The first kappa shape index (κ1) is 16.4. The molecule has 0 unspecified atom stereocenters. The number of amides is 1. The summed E-state index contributed by atoms with van der Waals surface area (Å²) in [6, 6.07) is 21.0. The molecule has 0 radical (unpaired) electrons. The van der Waals surface area contributed by atoms with Gasteiger partial charge in [0.25, 0.3) is 5.91 Å². The number of para-hydroxylation sites is 2. The first-order chi connectivity index (χ1) is 13.8. The number of hydrogen-bond acceptors (Lipinski definition) is 4. The van der Waals surface area contributed by atoms with E-state index in [1.54, 1.807) is 11.1 Å². The Balaban J connectivity index is 1.55. The Kier molecular flexibility index (Phi) is 3.94. The van der Waals surface area contributed by atoms with E-state index in [0.29, 0.717) is 17.9 Å². The Labute approximate surface area is 161 Å². The van der Waals surface area contributed by atoms with Crippen molar-refractivity contribution in [3.63, 3.8) is 0 Å². The third-order valence-corrected chi connectivity index (χ3v) is 4.80. The van der Waals surface area contributed by atoms with Crippen LogP contribution in [0.5, 0.6) is 11.5 Å². The van der Waals surface area contributed by atoms with E-state index < -0.39 is 0 Å². The van der Waals surface area contributed by atoms with E-state index in [4.69, 9.17) is 9.47 Å².